The Balaban J connectivity index is 0.00000228. The van der Waals surface area contributed by atoms with Crippen LogP contribution in [0.15, 0.2) is 198 Å². The van der Waals surface area contributed by atoms with Crippen molar-refractivity contribution in [1.29, 1.82) is 0 Å². The molecule has 1 aliphatic rings. The summed E-state index contributed by atoms with van der Waals surface area (Å²) in [7, 11) is 2.16. The number of benzene rings is 7. The molecule has 4 heteroatoms. The maximum atomic E-state index is 6.16. The van der Waals surface area contributed by atoms with Crippen molar-refractivity contribution < 1.29 is 4.42 Å². The first-order chi connectivity index (χ1) is 29.6. The molecule has 1 N–H and O–H groups in total. The number of hydrogen-bond donors (Lipinski definition) is 1. The smallest absolute Gasteiger partial charge is 0.135 e. The SMILES string of the molecule is C#C.CCN/C=C\CC1=CC(n2c3ccccc3c3cc(-c4ccc(N(C)c5ccc6oc7ccccc7c6c5)c(-c5ccccc5)c4)ccc32)CC(c2ccccc2)=C1. The van der Waals surface area contributed by atoms with E-state index in [1.807, 2.05) is 12.1 Å². The number of rotatable bonds is 10. The molecule has 1 aliphatic carbocycles. The molecule has 7 aromatic carbocycles. The lowest BCUT2D eigenvalue weighted by molar-refractivity contribution is 0.650. The maximum absolute atomic E-state index is 6.16. The lowest BCUT2D eigenvalue weighted by Gasteiger charge is -2.25. The number of anilines is 2. The average Bonchev–Trinajstić information content (AvgIpc) is 3.86. The van der Waals surface area contributed by atoms with Crippen LogP contribution in [0.3, 0.4) is 0 Å². The third-order valence-corrected chi connectivity index (χ3v) is 11.7. The molecular weight excluding hydrogens is 731 g/mol. The fourth-order valence-corrected chi connectivity index (χ4v) is 8.86. The second-order valence-corrected chi connectivity index (χ2v) is 15.3. The van der Waals surface area contributed by atoms with E-state index in [9.17, 15) is 0 Å². The van der Waals surface area contributed by atoms with E-state index < -0.39 is 0 Å². The second kappa shape index (κ2) is 16.8. The summed E-state index contributed by atoms with van der Waals surface area (Å²) in [5.74, 6) is 0. The van der Waals surface area contributed by atoms with Crippen LogP contribution in [0.1, 0.15) is 31.4 Å². The van der Waals surface area contributed by atoms with Gasteiger partial charge in [0.15, 0.2) is 0 Å². The summed E-state index contributed by atoms with van der Waals surface area (Å²) in [4.78, 5) is 2.30. The van der Waals surface area contributed by atoms with Crippen molar-refractivity contribution in [3.63, 3.8) is 0 Å². The van der Waals surface area contributed by atoms with E-state index in [0.717, 1.165) is 52.7 Å². The van der Waals surface area contributed by atoms with Crippen molar-refractivity contribution in [1.82, 2.24) is 9.88 Å². The van der Waals surface area contributed by atoms with Gasteiger partial charge in [0.25, 0.3) is 0 Å². The zero-order chi connectivity index (χ0) is 41.0. The Kier molecular flexibility index (Phi) is 10.6. The summed E-state index contributed by atoms with van der Waals surface area (Å²) in [6.07, 6.45) is 19.0. The van der Waals surface area contributed by atoms with Crippen LogP contribution in [-0.2, 0) is 0 Å². The number of terminal acetylenes is 1. The molecule has 292 valence electrons. The molecule has 0 aliphatic heterocycles. The zero-order valence-electron chi connectivity index (χ0n) is 34.1. The van der Waals surface area contributed by atoms with Gasteiger partial charge in [0, 0.05) is 63.1 Å². The Bertz CT molecular complexity index is 3090. The molecule has 2 aromatic heterocycles. The lowest BCUT2D eigenvalue weighted by Crippen LogP contribution is -2.11. The predicted octanol–water partition coefficient (Wildman–Crippen LogP) is 14.5. The van der Waals surface area contributed by atoms with Crippen molar-refractivity contribution in [3.05, 3.63) is 199 Å². The number of aromatic nitrogens is 1. The van der Waals surface area contributed by atoms with Crippen molar-refractivity contribution in [3.8, 4) is 35.1 Å². The van der Waals surface area contributed by atoms with Crippen molar-refractivity contribution in [2.45, 2.75) is 25.8 Å². The number of fused-ring (bicyclic) bond motifs is 6. The van der Waals surface area contributed by atoms with Crippen LogP contribution in [0.4, 0.5) is 11.4 Å². The second-order valence-electron chi connectivity index (χ2n) is 15.3. The number of hydrogen-bond acceptors (Lipinski definition) is 3. The standard InChI is InChI=1S/C54H45N3O.C2H2/c1-3-55-30-14-15-37-31-42(38-16-6-4-7-17-38)33-44(32-37)57-51-22-12-10-20-45(51)48-35-41(25-28-52(48)57)40-24-27-50(47(34-40)39-18-8-5-9-19-39)56(2)43-26-29-54-49(36-43)46-21-11-13-23-53(46)58-54;1-2/h4-14,16-32,34-36,44,55H,3,15,33H2,1-2H3;1-2H/b30-14-;. The van der Waals surface area contributed by atoms with Gasteiger partial charge in [-0.2, -0.15) is 0 Å². The molecule has 0 spiro atoms. The van der Waals surface area contributed by atoms with Crippen molar-refractivity contribution in [2.75, 3.05) is 18.5 Å². The first kappa shape index (κ1) is 38.1. The number of furan rings is 1. The van der Waals surface area contributed by atoms with Gasteiger partial charge >= 0.3 is 0 Å². The summed E-state index contributed by atoms with van der Waals surface area (Å²) in [6, 6.07) is 59.4. The molecular formula is C56H47N3O. The molecule has 0 saturated carbocycles. The minimum atomic E-state index is 0.176. The fraction of sp³-hybridized carbons (Fsp3) is 0.107. The van der Waals surface area contributed by atoms with Gasteiger partial charge in [-0.05, 0) is 114 Å². The van der Waals surface area contributed by atoms with Gasteiger partial charge in [-0.25, -0.2) is 0 Å². The quantitative estimate of drug-likeness (QED) is 0.140. The molecule has 0 saturated heterocycles. The Morgan fingerprint density at radius 3 is 2.12 bits per heavy atom. The Labute approximate surface area is 352 Å². The van der Waals surface area contributed by atoms with E-state index >= 15 is 0 Å². The molecule has 0 amide bonds. The zero-order valence-corrected chi connectivity index (χ0v) is 34.1. The van der Waals surface area contributed by atoms with E-state index in [-0.39, 0.29) is 6.04 Å². The molecule has 60 heavy (non-hydrogen) atoms. The van der Waals surface area contributed by atoms with Gasteiger partial charge in [0.2, 0.25) is 0 Å². The summed E-state index contributed by atoms with van der Waals surface area (Å²) in [5.41, 5.74) is 15.3. The molecule has 0 radical (unpaired) electrons. The highest BCUT2D eigenvalue weighted by Gasteiger charge is 2.23. The third-order valence-electron chi connectivity index (χ3n) is 11.7. The number of nitrogens with one attached hydrogen (secondary N) is 1. The van der Waals surface area contributed by atoms with E-state index in [0.29, 0.717) is 0 Å². The van der Waals surface area contributed by atoms with E-state index in [1.54, 1.807) is 0 Å². The van der Waals surface area contributed by atoms with E-state index in [2.05, 4.69) is 218 Å². The van der Waals surface area contributed by atoms with Gasteiger partial charge < -0.3 is 19.2 Å². The highest BCUT2D eigenvalue weighted by Crippen LogP contribution is 2.43. The van der Waals surface area contributed by atoms with E-state index in [4.69, 9.17) is 4.42 Å². The molecule has 4 nitrogen and oxygen atoms in total. The average molecular weight is 778 g/mol. The summed E-state index contributed by atoms with van der Waals surface area (Å²) in [6.45, 7) is 3.05. The van der Waals surface area contributed by atoms with Gasteiger partial charge in [0.05, 0.1) is 6.04 Å². The predicted molar refractivity (Wildman–Crippen MR) is 256 cm³/mol. The highest BCUT2D eigenvalue weighted by atomic mass is 16.3. The van der Waals surface area contributed by atoms with Crippen LogP contribution in [-0.4, -0.2) is 18.2 Å². The normalized spacial score (nSPS) is 14.0. The number of para-hydroxylation sites is 2. The monoisotopic (exact) mass is 777 g/mol. The molecule has 1 unspecified atom stereocenters. The molecule has 9 aromatic rings. The Morgan fingerprint density at radius 1 is 0.650 bits per heavy atom. The number of allylic oxidation sites excluding steroid dienone is 5. The van der Waals surface area contributed by atoms with Crippen LogP contribution < -0.4 is 10.2 Å². The maximum Gasteiger partial charge on any atom is 0.135 e. The van der Waals surface area contributed by atoms with Crippen LogP contribution in [0.5, 0.6) is 0 Å². The van der Waals surface area contributed by atoms with Crippen LogP contribution in [0.2, 0.25) is 0 Å². The summed E-state index contributed by atoms with van der Waals surface area (Å²) < 4.78 is 8.74. The van der Waals surface area contributed by atoms with Crippen LogP contribution in [0, 0.1) is 12.8 Å². The van der Waals surface area contributed by atoms with Gasteiger partial charge in [-0.3, -0.25) is 0 Å². The van der Waals surface area contributed by atoms with Gasteiger partial charge in [-0.1, -0.05) is 127 Å². The van der Waals surface area contributed by atoms with Crippen molar-refractivity contribution in [2.24, 2.45) is 0 Å². The first-order valence-corrected chi connectivity index (χ1v) is 20.7. The highest BCUT2D eigenvalue weighted by molar-refractivity contribution is 6.10. The lowest BCUT2D eigenvalue weighted by atomic mass is 9.89. The fourth-order valence-electron chi connectivity index (χ4n) is 8.86. The summed E-state index contributed by atoms with van der Waals surface area (Å²) >= 11 is 0. The molecule has 10 rings (SSSR count). The molecule has 0 bridgehead atoms. The Morgan fingerprint density at radius 2 is 1.32 bits per heavy atom. The minimum absolute atomic E-state index is 0.176. The topological polar surface area (TPSA) is 33.3 Å². The van der Waals surface area contributed by atoms with Crippen molar-refractivity contribution >= 4 is 60.7 Å². The third kappa shape index (κ3) is 7.16. The first-order valence-electron chi connectivity index (χ1n) is 20.7. The minimum Gasteiger partial charge on any atom is -0.456 e. The van der Waals surface area contributed by atoms with Gasteiger partial charge in [-0.15, -0.1) is 12.8 Å². The van der Waals surface area contributed by atoms with Crippen LogP contribution in [0.25, 0.3) is 71.6 Å². The van der Waals surface area contributed by atoms with E-state index in [1.165, 1.54) is 60.8 Å². The van der Waals surface area contributed by atoms with Gasteiger partial charge in [0.1, 0.15) is 11.2 Å². The largest absolute Gasteiger partial charge is 0.456 e. The molecule has 0 fully saturated rings. The summed E-state index contributed by atoms with van der Waals surface area (Å²) in [5, 5.41) is 8.14. The molecule has 2 heterocycles. The number of nitrogens with zero attached hydrogens (tertiary/aromatic N) is 2. The Hall–Kier alpha value is -7.48. The van der Waals surface area contributed by atoms with Crippen LogP contribution >= 0.6 is 0 Å². The molecule has 1 atom stereocenters.